The summed E-state index contributed by atoms with van der Waals surface area (Å²) < 4.78 is 0. The highest BCUT2D eigenvalue weighted by Gasteiger charge is 2.29. The third-order valence-corrected chi connectivity index (χ3v) is 5.12. The summed E-state index contributed by atoms with van der Waals surface area (Å²) in [7, 11) is 0. The van der Waals surface area contributed by atoms with Gasteiger partial charge >= 0.3 is 0 Å². The third kappa shape index (κ3) is 4.99. The van der Waals surface area contributed by atoms with Crippen molar-refractivity contribution in [3.63, 3.8) is 0 Å². The molecule has 1 N–H and O–H groups in total. The van der Waals surface area contributed by atoms with Crippen molar-refractivity contribution in [3.8, 4) is 0 Å². The zero-order chi connectivity index (χ0) is 16.7. The third-order valence-electron chi connectivity index (χ3n) is 4.28. The van der Waals surface area contributed by atoms with E-state index in [4.69, 9.17) is 0 Å². The summed E-state index contributed by atoms with van der Waals surface area (Å²) in [5, 5.41) is 2.99. The second-order valence-corrected chi connectivity index (χ2v) is 7.02. The summed E-state index contributed by atoms with van der Waals surface area (Å²) in [6.07, 6.45) is 5.16. The van der Waals surface area contributed by atoms with Crippen LogP contribution in [0.5, 0.6) is 0 Å². The Hall–Kier alpha value is -1.49. The Bertz CT molecular complexity index is 521. The number of nitrogens with one attached hydrogen (secondary N) is 1. The number of hydrogen-bond acceptors (Lipinski definition) is 3. The van der Waals surface area contributed by atoms with Crippen LogP contribution in [0.15, 0.2) is 30.3 Å². The van der Waals surface area contributed by atoms with E-state index in [1.807, 2.05) is 36.3 Å². The maximum absolute atomic E-state index is 12.6. The Morgan fingerprint density at radius 2 is 2.04 bits per heavy atom. The first-order chi connectivity index (χ1) is 11.1. The number of carbonyl (C=O) groups is 2. The SMILES string of the molecule is CSC[C@H](C)C(=O)N1CCCC[C@@H]1CNC(=O)c1ccccc1. The molecule has 5 heteroatoms. The van der Waals surface area contributed by atoms with Gasteiger partial charge in [0.05, 0.1) is 0 Å². The smallest absolute Gasteiger partial charge is 0.251 e. The van der Waals surface area contributed by atoms with Crippen LogP contribution in [-0.2, 0) is 4.79 Å². The summed E-state index contributed by atoms with van der Waals surface area (Å²) in [5.41, 5.74) is 0.664. The minimum absolute atomic E-state index is 0.0374. The molecule has 1 heterocycles. The molecule has 0 bridgehead atoms. The highest BCUT2D eigenvalue weighted by Crippen LogP contribution is 2.20. The fourth-order valence-electron chi connectivity index (χ4n) is 3.01. The lowest BCUT2D eigenvalue weighted by molar-refractivity contribution is -0.137. The molecule has 0 spiro atoms. The molecule has 0 aromatic heterocycles. The summed E-state index contributed by atoms with van der Waals surface area (Å²) in [6.45, 7) is 3.34. The van der Waals surface area contributed by atoms with Gasteiger partial charge in [-0.1, -0.05) is 25.1 Å². The number of hydrogen-bond donors (Lipinski definition) is 1. The predicted octanol–water partition coefficient (Wildman–Crippen LogP) is 2.80. The lowest BCUT2D eigenvalue weighted by Gasteiger charge is -2.37. The Kier molecular flexibility index (Phi) is 6.96. The van der Waals surface area contributed by atoms with Crippen molar-refractivity contribution in [3.05, 3.63) is 35.9 Å². The van der Waals surface area contributed by atoms with Gasteiger partial charge in [-0.2, -0.15) is 11.8 Å². The number of carbonyl (C=O) groups excluding carboxylic acids is 2. The lowest BCUT2D eigenvalue weighted by atomic mass is 9.99. The van der Waals surface area contributed by atoms with Gasteiger partial charge in [0.2, 0.25) is 5.91 Å². The summed E-state index contributed by atoms with van der Waals surface area (Å²) >= 11 is 1.70. The van der Waals surface area contributed by atoms with Crippen LogP contribution in [0, 0.1) is 5.92 Å². The number of nitrogens with zero attached hydrogens (tertiary/aromatic N) is 1. The number of thioether (sulfide) groups is 1. The first kappa shape index (κ1) is 17.9. The first-order valence-electron chi connectivity index (χ1n) is 8.26. The zero-order valence-electron chi connectivity index (χ0n) is 14.0. The van der Waals surface area contributed by atoms with Gasteiger partial charge in [0.15, 0.2) is 0 Å². The molecular weight excluding hydrogens is 308 g/mol. The largest absolute Gasteiger partial charge is 0.350 e. The molecule has 1 saturated heterocycles. The van der Waals surface area contributed by atoms with Gasteiger partial charge in [0.25, 0.3) is 5.91 Å². The van der Waals surface area contributed by atoms with E-state index >= 15 is 0 Å². The molecule has 1 aliphatic rings. The summed E-state index contributed by atoms with van der Waals surface area (Å²) in [6, 6.07) is 9.34. The van der Waals surface area contributed by atoms with Crippen molar-refractivity contribution in [2.75, 3.05) is 25.1 Å². The van der Waals surface area contributed by atoms with Gasteiger partial charge in [-0.05, 0) is 37.7 Å². The second kappa shape index (κ2) is 8.96. The van der Waals surface area contributed by atoms with Crippen LogP contribution in [-0.4, -0.2) is 47.9 Å². The molecule has 2 atom stereocenters. The Morgan fingerprint density at radius 3 is 2.74 bits per heavy atom. The van der Waals surface area contributed by atoms with Gasteiger partial charge in [0.1, 0.15) is 0 Å². The topological polar surface area (TPSA) is 49.4 Å². The van der Waals surface area contributed by atoms with Crippen molar-refractivity contribution in [1.82, 2.24) is 10.2 Å². The Labute approximate surface area is 143 Å². The molecule has 0 radical (unpaired) electrons. The number of piperidine rings is 1. The Morgan fingerprint density at radius 1 is 1.30 bits per heavy atom. The van der Waals surface area contributed by atoms with Gasteiger partial charge < -0.3 is 10.2 Å². The molecule has 0 unspecified atom stereocenters. The maximum atomic E-state index is 12.6. The van der Waals surface area contributed by atoms with Crippen molar-refractivity contribution in [2.45, 2.75) is 32.2 Å². The molecule has 0 saturated carbocycles. The van der Waals surface area contributed by atoms with E-state index in [1.54, 1.807) is 23.9 Å². The minimum Gasteiger partial charge on any atom is -0.350 e. The summed E-state index contributed by atoms with van der Waals surface area (Å²) in [5.74, 6) is 1.03. The van der Waals surface area contributed by atoms with Crippen LogP contribution in [0.25, 0.3) is 0 Å². The fourth-order valence-corrected chi connectivity index (χ4v) is 3.65. The van der Waals surface area contributed by atoms with Gasteiger partial charge in [0, 0.05) is 36.4 Å². The van der Waals surface area contributed by atoms with Crippen molar-refractivity contribution in [2.24, 2.45) is 5.92 Å². The van der Waals surface area contributed by atoms with E-state index in [1.165, 1.54) is 0 Å². The first-order valence-corrected chi connectivity index (χ1v) is 9.65. The number of amides is 2. The van der Waals surface area contributed by atoms with Gasteiger partial charge in [-0.25, -0.2) is 0 Å². The molecule has 2 amide bonds. The number of benzene rings is 1. The van der Waals surface area contributed by atoms with Crippen molar-refractivity contribution < 1.29 is 9.59 Å². The highest BCUT2D eigenvalue weighted by molar-refractivity contribution is 7.98. The molecule has 126 valence electrons. The predicted molar refractivity (Wildman–Crippen MR) is 95.7 cm³/mol. The number of likely N-dealkylation sites (tertiary alicyclic amines) is 1. The molecule has 1 fully saturated rings. The van der Waals surface area contributed by atoms with Gasteiger partial charge in [-0.15, -0.1) is 0 Å². The van der Waals surface area contributed by atoms with Gasteiger partial charge in [-0.3, -0.25) is 9.59 Å². The molecule has 1 aromatic rings. The molecular formula is C18H26N2O2S. The van der Waals surface area contributed by atoms with Crippen LogP contribution in [0.3, 0.4) is 0 Å². The van der Waals surface area contributed by atoms with Crippen LogP contribution >= 0.6 is 11.8 Å². The van der Waals surface area contributed by atoms with E-state index in [-0.39, 0.29) is 23.8 Å². The van der Waals surface area contributed by atoms with Crippen LogP contribution in [0.1, 0.15) is 36.5 Å². The monoisotopic (exact) mass is 334 g/mol. The number of rotatable bonds is 6. The minimum atomic E-state index is -0.0688. The van der Waals surface area contributed by atoms with E-state index in [0.717, 1.165) is 31.6 Å². The van der Waals surface area contributed by atoms with E-state index in [9.17, 15) is 9.59 Å². The fraction of sp³-hybridized carbons (Fsp3) is 0.556. The highest BCUT2D eigenvalue weighted by atomic mass is 32.2. The summed E-state index contributed by atoms with van der Waals surface area (Å²) in [4.78, 5) is 26.8. The standard InChI is InChI=1S/C18H26N2O2S/c1-14(13-23-2)18(22)20-11-7-6-10-16(20)12-19-17(21)15-8-4-3-5-9-15/h3-5,8-9,14,16H,6-7,10-13H2,1-2H3,(H,19,21)/t14-,16+/m0/s1. The normalized spacial score (nSPS) is 19.2. The Balaban J connectivity index is 1.93. The van der Waals surface area contributed by atoms with Crippen LogP contribution < -0.4 is 5.32 Å². The van der Waals surface area contributed by atoms with E-state index < -0.39 is 0 Å². The van der Waals surface area contributed by atoms with Crippen molar-refractivity contribution in [1.29, 1.82) is 0 Å². The average Bonchev–Trinajstić information content (AvgIpc) is 2.60. The second-order valence-electron chi connectivity index (χ2n) is 6.11. The van der Waals surface area contributed by atoms with E-state index in [0.29, 0.717) is 12.1 Å². The van der Waals surface area contributed by atoms with Crippen LogP contribution in [0.4, 0.5) is 0 Å². The quantitative estimate of drug-likeness (QED) is 0.870. The molecule has 0 aliphatic carbocycles. The lowest BCUT2D eigenvalue weighted by Crippen LogP contribution is -2.51. The van der Waals surface area contributed by atoms with Crippen LogP contribution in [0.2, 0.25) is 0 Å². The van der Waals surface area contributed by atoms with E-state index in [2.05, 4.69) is 5.32 Å². The van der Waals surface area contributed by atoms with Crippen molar-refractivity contribution >= 4 is 23.6 Å². The molecule has 4 nitrogen and oxygen atoms in total. The average molecular weight is 334 g/mol. The molecule has 2 rings (SSSR count). The zero-order valence-corrected chi connectivity index (χ0v) is 14.8. The molecule has 23 heavy (non-hydrogen) atoms. The molecule has 1 aliphatic heterocycles. The maximum Gasteiger partial charge on any atom is 0.251 e. The molecule has 1 aromatic carbocycles.